The standard InChI is InChI=1S/C12H24N2/c1-13-8-5-9-14(11-10-13)12-6-3-2-4-7-12/h12H,2-11H2,1H3. The van der Waals surface area contributed by atoms with Crippen molar-refractivity contribution in [3.8, 4) is 0 Å². The molecule has 1 saturated carbocycles. The maximum atomic E-state index is 2.75. The highest BCUT2D eigenvalue weighted by molar-refractivity contribution is 4.78. The maximum absolute atomic E-state index is 2.75. The summed E-state index contributed by atoms with van der Waals surface area (Å²) in [7, 11) is 2.25. The lowest BCUT2D eigenvalue weighted by Crippen LogP contribution is -2.39. The molecule has 0 aromatic rings. The molecule has 0 bridgehead atoms. The van der Waals surface area contributed by atoms with E-state index in [1.807, 2.05) is 0 Å². The van der Waals surface area contributed by atoms with Crippen LogP contribution in [0.25, 0.3) is 0 Å². The van der Waals surface area contributed by atoms with Crippen molar-refractivity contribution in [1.29, 1.82) is 0 Å². The van der Waals surface area contributed by atoms with Gasteiger partial charge in [-0.1, -0.05) is 19.3 Å². The highest BCUT2D eigenvalue weighted by atomic mass is 15.2. The zero-order valence-electron chi connectivity index (χ0n) is 9.54. The molecule has 2 rings (SSSR count). The second-order valence-electron chi connectivity index (χ2n) is 4.98. The van der Waals surface area contributed by atoms with E-state index < -0.39 is 0 Å². The van der Waals surface area contributed by atoms with Gasteiger partial charge in [-0.25, -0.2) is 0 Å². The third kappa shape index (κ3) is 2.71. The molecular weight excluding hydrogens is 172 g/mol. The molecule has 2 fully saturated rings. The van der Waals surface area contributed by atoms with Gasteiger partial charge in [0.2, 0.25) is 0 Å². The number of likely N-dealkylation sites (N-methyl/N-ethyl adjacent to an activating group) is 1. The maximum Gasteiger partial charge on any atom is 0.0112 e. The number of hydrogen-bond donors (Lipinski definition) is 0. The molecule has 0 aromatic carbocycles. The predicted molar refractivity (Wildman–Crippen MR) is 60.6 cm³/mol. The van der Waals surface area contributed by atoms with Crippen LogP contribution in [0.2, 0.25) is 0 Å². The van der Waals surface area contributed by atoms with Crippen LogP contribution in [0.3, 0.4) is 0 Å². The topological polar surface area (TPSA) is 6.48 Å². The van der Waals surface area contributed by atoms with Crippen LogP contribution in [-0.4, -0.2) is 49.1 Å². The fourth-order valence-electron chi connectivity index (χ4n) is 2.88. The van der Waals surface area contributed by atoms with Crippen LogP contribution in [0.1, 0.15) is 38.5 Å². The van der Waals surface area contributed by atoms with Gasteiger partial charge in [-0.3, -0.25) is 4.90 Å². The Labute approximate surface area is 88.3 Å². The lowest BCUT2D eigenvalue weighted by Gasteiger charge is -2.33. The Kier molecular flexibility index (Phi) is 3.82. The molecule has 1 aliphatic carbocycles. The van der Waals surface area contributed by atoms with E-state index >= 15 is 0 Å². The van der Waals surface area contributed by atoms with Gasteiger partial charge in [-0.2, -0.15) is 0 Å². The molecule has 1 saturated heterocycles. The second kappa shape index (κ2) is 5.13. The lowest BCUT2D eigenvalue weighted by atomic mass is 9.94. The zero-order chi connectivity index (χ0) is 9.80. The van der Waals surface area contributed by atoms with E-state index in [9.17, 15) is 0 Å². The summed E-state index contributed by atoms with van der Waals surface area (Å²) in [5.41, 5.74) is 0. The summed E-state index contributed by atoms with van der Waals surface area (Å²) in [5.74, 6) is 0. The van der Waals surface area contributed by atoms with Crippen LogP contribution in [0.15, 0.2) is 0 Å². The van der Waals surface area contributed by atoms with E-state index in [0.29, 0.717) is 0 Å². The highest BCUT2D eigenvalue weighted by Gasteiger charge is 2.22. The molecule has 0 radical (unpaired) electrons. The van der Waals surface area contributed by atoms with Gasteiger partial charge in [-0.15, -0.1) is 0 Å². The number of nitrogens with zero attached hydrogens (tertiary/aromatic N) is 2. The van der Waals surface area contributed by atoms with Crippen LogP contribution < -0.4 is 0 Å². The Morgan fingerprint density at radius 3 is 2.36 bits per heavy atom. The molecule has 0 amide bonds. The fourth-order valence-corrected chi connectivity index (χ4v) is 2.88. The normalized spacial score (nSPS) is 28.9. The van der Waals surface area contributed by atoms with E-state index in [-0.39, 0.29) is 0 Å². The predicted octanol–water partition coefficient (Wildman–Crippen LogP) is 1.96. The van der Waals surface area contributed by atoms with Gasteiger partial charge >= 0.3 is 0 Å². The minimum Gasteiger partial charge on any atom is -0.305 e. The van der Waals surface area contributed by atoms with E-state index in [2.05, 4.69) is 16.8 Å². The summed E-state index contributed by atoms with van der Waals surface area (Å²) in [6, 6.07) is 0.926. The third-order valence-corrected chi connectivity index (χ3v) is 3.85. The summed E-state index contributed by atoms with van der Waals surface area (Å²) in [6.45, 7) is 5.22. The molecule has 14 heavy (non-hydrogen) atoms. The molecule has 82 valence electrons. The minimum absolute atomic E-state index is 0.926. The van der Waals surface area contributed by atoms with Crippen molar-refractivity contribution in [2.45, 2.75) is 44.6 Å². The summed E-state index contributed by atoms with van der Waals surface area (Å²) in [4.78, 5) is 5.23. The summed E-state index contributed by atoms with van der Waals surface area (Å²) in [6.07, 6.45) is 8.71. The monoisotopic (exact) mass is 196 g/mol. The molecule has 0 aromatic heterocycles. The highest BCUT2D eigenvalue weighted by Crippen LogP contribution is 2.23. The fraction of sp³-hybridized carbons (Fsp3) is 1.00. The summed E-state index contributed by atoms with van der Waals surface area (Å²) >= 11 is 0. The Bertz CT molecular complexity index is 164. The van der Waals surface area contributed by atoms with Crippen LogP contribution in [0, 0.1) is 0 Å². The SMILES string of the molecule is CN1CCCN(C2CCCCC2)CC1. The van der Waals surface area contributed by atoms with Crippen LogP contribution in [0.4, 0.5) is 0 Å². The van der Waals surface area contributed by atoms with Crippen molar-refractivity contribution in [3.63, 3.8) is 0 Å². The molecule has 2 aliphatic rings. The van der Waals surface area contributed by atoms with Crippen LogP contribution in [-0.2, 0) is 0 Å². The van der Waals surface area contributed by atoms with E-state index in [0.717, 1.165) is 6.04 Å². The minimum atomic E-state index is 0.926. The molecular formula is C12H24N2. The van der Waals surface area contributed by atoms with Crippen molar-refractivity contribution in [2.24, 2.45) is 0 Å². The van der Waals surface area contributed by atoms with Crippen molar-refractivity contribution in [2.75, 3.05) is 33.2 Å². The molecule has 2 nitrogen and oxygen atoms in total. The molecule has 0 spiro atoms. The summed E-state index contributed by atoms with van der Waals surface area (Å²) in [5, 5.41) is 0. The largest absolute Gasteiger partial charge is 0.305 e. The third-order valence-electron chi connectivity index (χ3n) is 3.85. The van der Waals surface area contributed by atoms with Gasteiger partial charge in [-0.05, 0) is 39.4 Å². The van der Waals surface area contributed by atoms with Crippen LogP contribution in [0.5, 0.6) is 0 Å². The average molecular weight is 196 g/mol. The van der Waals surface area contributed by atoms with Gasteiger partial charge in [0.15, 0.2) is 0 Å². The lowest BCUT2D eigenvalue weighted by molar-refractivity contribution is 0.161. The molecule has 0 unspecified atom stereocenters. The first-order valence-electron chi connectivity index (χ1n) is 6.29. The Morgan fingerprint density at radius 1 is 0.786 bits per heavy atom. The molecule has 0 N–H and O–H groups in total. The van der Waals surface area contributed by atoms with Gasteiger partial charge in [0.05, 0.1) is 0 Å². The first kappa shape index (κ1) is 10.4. The second-order valence-corrected chi connectivity index (χ2v) is 4.98. The molecule has 0 atom stereocenters. The van der Waals surface area contributed by atoms with Crippen LogP contribution >= 0.6 is 0 Å². The quantitative estimate of drug-likeness (QED) is 0.632. The molecule has 2 heteroatoms. The van der Waals surface area contributed by atoms with Crippen molar-refractivity contribution in [1.82, 2.24) is 9.80 Å². The van der Waals surface area contributed by atoms with Gasteiger partial charge in [0, 0.05) is 19.1 Å². The molecule has 1 heterocycles. The number of rotatable bonds is 1. The van der Waals surface area contributed by atoms with Crippen molar-refractivity contribution >= 4 is 0 Å². The number of hydrogen-bond acceptors (Lipinski definition) is 2. The Morgan fingerprint density at radius 2 is 1.57 bits per heavy atom. The first-order chi connectivity index (χ1) is 6.86. The van der Waals surface area contributed by atoms with E-state index in [1.165, 1.54) is 64.7 Å². The average Bonchev–Trinajstić information content (AvgIpc) is 2.44. The Balaban J connectivity index is 1.83. The Hall–Kier alpha value is -0.0800. The van der Waals surface area contributed by atoms with Crippen molar-refractivity contribution < 1.29 is 0 Å². The van der Waals surface area contributed by atoms with Gasteiger partial charge < -0.3 is 4.90 Å². The van der Waals surface area contributed by atoms with Crippen molar-refractivity contribution in [3.05, 3.63) is 0 Å². The first-order valence-corrected chi connectivity index (χ1v) is 6.29. The summed E-state index contributed by atoms with van der Waals surface area (Å²) < 4.78 is 0. The zero-order valence-corrected chi connectivity index (χ0v) is 9.54. The smallest absolute Gasteiger partial charge is 0.0112 e. The van der Waals surface area contributed by atoms with E-state index in [1.54, 1.807) is 0 Å². The van der Waals surface area contributed by atoms with Gasteiger partial charge in [0.1, 0.15) is 0 Å². The molecule has 1 aliphatic heterocycles. The van der Waals surface area contributed by atoms with Gasteiger partial charge in [0.25, 0.3) is 0 Å². The van der Waals surface area contributed by atoms with E-state index in [4.69, 9.17) is 0 Å².